The van der Waals surface area contributed by atoms with Gasteiger partial charge in [-0.1, -0.05) is 54.9 Å². The van der Waals surface area contributed by atoms with E-state index < -0.39 is 5.41 Å². The molecule has 2 aromatic rings. The zero-order valence-corrected chi connectivity index (χ0v) is 36.3. The average Bonchev–Trinajstić information content (AvgIpc) is 3.02. The molecule has 0 bridgehead atoms. The first-order chi connectivity index (χ1) is 23.2. The van der Waals surface area contributed by atoms with Gasteiger partial charge in [0.05, 0.1) is 61.1 Å². The first-order valence-corrected chi connectivity index (χ1v) is 17.7. The largest absolute Gasteiger partial charge is 1.00 e. The Hall–Kier alpha value is -2.40. The minimum Gasteiger partial charge on any atom is -0.368 e. The molecule has 0 N–H and O–H groups in total. The Morgan fingerprint density at radius 1 is 0.712 bits per heavy atom. The second-order valence-corrected chi connectivity index (χ2v) is 16.4. The third-order valence-electron chi connectivity index (χ3n) is 6.26. The molecule has 14 heteroatoms. The van der Waals surface area contributed by atoms with Crippen LogP contribution < -0.4 is 18.9 Å². The Bertz CT molecular complexity index is 1330. The molecule has 0 aliphatic carbocycles. The number of aromatic nitrogens is 4. The molecule has 0 aliphatic heterocycles. The number of hydroxylamine groups is 2. The summed E-state index contributed by atoms with van der Waals surface area (Å²) in [7, 11) is 2.99. The molecular weight excluding hydrogens is 725 g/mol. The van der Waals surface area contributed by atoms with Gasteiger partial charge in [0.1, 0.15) is 35.1 Å². The second-order valence-electron chi connectivity index (χ2n) is 15.6. The number of hydrogen-bond donors (Lipinski definition) is 0. The molecule has 52 heavy (non-hydrogen) atoms. The van der Waals surface area contributed by atoms with Crippen molar-refractivity contribution in [3.63, 3.8) is 0 Å². The van der Waals surface area contributed by atoms with E-state index in [2.05, 4.69) is 54.6 Å². The predicted molar refractivity (Wildman–Crippen MR) is 204 cm³/mol. The monoisotopic (exact) mass is 787 g/mol. The third-order valence-corrected chi connectivity index (χ3v) is 6.67. The molecule has 0 unspecified atom stereocenters. The minimum atomic E-state index is -0.406. The molecule has 0 saturated heterocycles. The van der Waals surface area contributed by atoms with E-state index in [0.29, 0.717) is 22.4 Å². The van der Waals surface area contributed by atoms with Crippen LogP contribution in [0.25, 0.3) is 0 Å². The van der Waals surface area contributed by atoms with Crippen molar-refractivity contribution in [3.8, 4) is 0 Å². The summed E-state index contributed by atoms with van der Waals surface area (Å²) in [5.41, 5.74) is 0.167. The number of unbranched alkanes of at least 4 members (excludes halogenated alkanes) is 1. The van der Waals surface area contributed by atoms with Gasteiger partial charge in [-0.25, -0.2) is 15.0 Å². The quantitative estimate of drug-likeness (QED) is 0.137. The Kier molecular flexibility index (Phi) is 26.5. The number of nitrogens with zero attached hydrogens (tertiary/aromatic N) is 5. The molecule has 0 radical (unpaired) electrons. The van der Waals surface area contributed by atoms with Gasteiger partial charge in [-0.05, 0) is 57.5 Å². The zero-order chi connectivity index (χ0) is 40.2. The van der Waals surface area contributed by atoms with E-state index in [1.165, 1.54) is 25.9 Å². The summed E-state index contributed by atoms with van der Waals surface area (Å²) in [6, 6.07) is 0. The van der Waals surface area contributed by atoms with Gasteiger partial charge >= 0.3 is 18.9 Å². The van der Waals surface area contributed by atoms with Gasteiger partial charge in [0.15, 0.2) is 0 Å². The van der Waals surface area contributed by atoms with Crippen LogP contribution in [0.2, 0.25) is 0 Å². The molecule has 0 fully saturated rings. The Labute approximate surface area is 333 Å². The summed E-state index contributed by atoms with van der Waals surface area (Å²) in [6.07, 6.45) is 8.96. The fourth-order valence-electron chi connectivity index (χ4n) is 2.71. The number of halogens is 1. The van der Waals surface area contributed by atoms with Crippen LogP contribution in [-0.2, 0) is 41.5 Å². The van der Waals surface area contributed by atoms with E-state index in [9.17, 15) is 19.2 Å². The summed E-state index contributed by atoms with van der Waals surface area (Å²) >= 11 is 3.19. The number of rotatable bonds is 11. The van der Waals surface area contributed by atoms with Crippen LogP contribution in [0.4, 0.5) is 0 Å². The molecule has 0 spiro atoms. The summed E-state index contributed by atoms with van der Waals surface area (Å²) < 4.78 is 11.3. The summed E-state index contributed by atoms with van der Waals surface area (Å²) in [6.45, 7) is 28.4. The molecule has 12 nitrogen and oxygen atoms in total. The number of carbonyl (C=O) groups excluding carboxylic acids is 4. The zero-order valence-electron chi connectivity index (χ0n) is 34.7. The normalized spacial score (nSPS) is 11.2. The van der Waals surface area contributed by atoms with Crippen molar-refractivity contribution < 1.29 is 52.4 Å². The number of carbonyl (C=O) groups is 4. The third kappa shape index (κ3) is 28.1. The second kappa shape index (κ2) is 25.6. The maximum absolute atomic E-state index is 11.9. The number of hydrogen-bond acceptors (Lipinski definition) is 11. The average molecular weight is 789 g/mol. The number of likely N-dealkylation sites (N-methyl/N-ethyl adjacent to an activating group) is 1. The van der Waals surface area contributed by atoms with Crippen molar-refractivity contribution in [2.45, 2.75) is 127 Å². The summed E-state index contributed by atoms with van der Waals surface area (Å²) in [5.74, 6) is -0.139. The topological polar surface area (TPSA) is 151 Å². The minimum absolute atomic E-state index is 0. The van der Waals surface area contributed by atoms with Crippen LogP contribution in [0, 0.1) is 17.8 Å². The van der Waals surface area contributed by atoms with E-state index in [1.807, 2.05) is 83.1 Å². The molecule has 2 aromatic heterocycles. The van der Waals surface area contributed by atoms with Crippen molar-refractivity contribution in [2.75, 3.05) is 27.4 Å². The van der Waals surface area contributed by atoms with Crippen LogP contribution in [0.1, 0.15) is 125 Å². The molecule has 0 atom stereocenters. The molecule has 0 aliphatic rings. The van der Waals surface area contributed by atoms with Crippen molar-refractivity contribution in [1.29, 1.82) is 0 Å². The van der Waals surface area contributed by atoms with E-state index in [1.54, 1.807) is 19.4 Å². The van der Waals surface area contributed by atoms with Gasteiger partial charge in [-0.2, -0.15) is 6.42 Å². The first kappa shape index (κ1) is 53.9. The van der Waals surface area contributed by atoms with Crippen molar-refractivity contribution in [3.05, 3.63) is 53.4 Å². The van der Waals surface area contributed by atoms with E-state index >= 15 is 0 Å². The number of ether oxygens (including phenoxy) is 2. The first-order valence-electron chi connectivity index (χ1n) is 16.9. The van der Waals surface area contributed by atoms with Crippen molar-refractivity contribution >= 4 is 39.2 Å². The maximum atomic E-state index is 11.9. The van der Waals surface area contributed by atoms with Crippen molar-refractivity contribution in [1.82, 2.24) is 25.0 Å². The van der Waals surface area contributed by atoms with Crippen molar-refractivity contribution in [2.24, 2.45) is 10.8 Å². The summed E-state index contributed by atoms with van der Waals surface area (Å²) in [5, 5.41) is 1.14. The molecular formula is C38H63BrLiN5O7. The Morgan fingerprint density at radius 3 is 1.42 bits per heavy atom. The Balaban J connectivity index is -0.000000678. The van der Waals surface area contributed by atoms with Crippen LogP contribution >= 0.6 is 15.9 Å². The standard InChI is InChI=1S/C16H24N2O3.C10H13BrN2O.C8H17NO3.C4H9.Li/c1-15(2,3)14(20)7-11-8-18-12(9-17-11)13(19)10-21-16(4,5)6;1-10(2,3)8(14)4-7-5-13-9(11)6-12-7;1-8(2,3)12-6-7(10)9(4)11-5;1-3-4-2;/h8-9H,7,10H2,1-6H3;5-6H,4H2,1-3H3;6H2,1-5H3;1,3-4H2,2H3;/q;;;-1;+1. The van der Waals surface area contributed by atoms with Crippen LogP contribution in [0.3, 0.4) is 0 Å². The SMILES string of the molecule is CC(C)(C)C(=O)Cc1cnc(Br)cn1.CC(C)(C)OCC(=O)c1cnc(CC(=O)C(C)(C)C)cn1.CON(C)C(=O)COC(C)(C)C.[CH2-]CCC.[Li+]. The van der Waals surface area contributed by atoms with Crippen LogP contribution in [0.15, 0.2) is 29.4 Å². The number of ketones is 3. The van der Waals surface area contributed by atoms with E-state index in [4.69, 9.17) is 9.47 Å². The maximum Gasteiger partial charge on any atom is 1.00 e. The fraction of sp³-hybridized carbons (Fsp3) is 0.658. The van der Waals surface area contributed by atoms with Crippen LogP contribution in [-0.4, -0.2) is 86.8 Å². The molecule has 2 heterocycles. The predicted octanol–water partition coefficient (Wildman–Crippen LogP) is 4.47. The molecule has 0 aromatic carbocycles. The van der Waals surface area contributed by atoms with Gasteiger partial charge in [0, 0.05) is 24.1 Å². The van der Waals surface area contributed by atoms with Gasteiger partial charge in [-0.3, -0.25) is 34.0 Å². The van der Waals surface area contributed by atoms with E-state index in [-0.39, 0.29) is 84.1 Å². The fourth-order valence-corrected chi connectivity index (χ4v) is 2.91. The molecule has 1 amide bonds. The van der Waals surface area contributed by atoms with E-state index in [0.717, 1.165) is 11.5 Å². The number of Topliss-reactive ketones (excluding diaryl/α,β-unsaturated/α-hetero) is 3. The Morgan fingerprint density at radius 2 is 1.12 bits per heavy atom. The van der Waals surface area contributed by atoms with Crippen LogP contribution in [0.5, 0.6) is 0 Å². The molecule has 2 rings (SSSR count). The van der Waals surface area contributed by atoms with Gasteiger partial charge in [0.2, 0.25) is 5.78 Å². The number of amides is 1. The van der Waals surface area contributed by atoms with Gasteiger partial charge in [-0.15, -0.1) is 0 Å². The smallest absolute Gasteiger partial charge is 0.368 e. The van der Waals surface area contributed by atoms with Gasteiger partial charge in [0.25, 0.3) is 5.91 Å². The molecule has 290 valence electrons. The van der Waals surface area contributed by atoms with Gasteiger partial charge < -0.3 is 16.4 Å². The molecule has 0 saturated carbocycles. The summed E-state index contributed by atoms with van der Waals surface area (Å²) in [4.78, 5) is 67.5.